The fourth-order valence-corrected chi connectivity index (χ4v) is 4.91. The Morgan fingerprint density at radius 3 is 2.75 bits per heavy atom. The van der Waals surface area contributed by atoms with E-state index in [-0.39, 0.29) is 6.61 Å². The number of thioether (sulfide) groups is 1. The summed E-state index contributed by atoms with van der Waals surface area (Å²) >= 11 is 7.85. The van der Waals surface area contributed by atoms with Crippen LogP contribution in [0.25, 0.3) is 0 Å². The number of unbranched alkanes of at least 4 members (excludes halogenated alkanes) is 1. The summed E-state index contributed by atoms with van der Waals surface area (Å²) in [7, 11) is 0. The van der Waals surface area contributed by atoms with Crippen LogP contribution in [0.15, 0.2) is 77.6 Å². The van der Waals surface area contributed by atoms with Crippen LogP contribution in [0.4, 0.5) is 5.95 Å². The molecule has 0 saturated carbocycles. The van der Waals surface area contributed by atoms with Crippen LogP contribution in [0.5, 0.6) is 5.75 Å². The van der Waals surface area contributed by atoms with E-state index in [0.29, 0.717) is 39.8 Å². The number of benzene rings is 2. The summed E-state index contributed by atoms with van der Waals surface area (Å²) in [5.41, 5.74) is 2.93. The minimum absolute atomic E-state index is 0.124. The van der Waals surface area contributed by atoms with E-state index in [1.165, 1.54) is 0 Å². The Hall–Kier alpha value is -3.23. The lowest BCUT2D eigenvalue weighted by Gasteiger charge is -2.28. The number of ether oxygens (including phenoxy) is 2. The monoisotopic (exact) mass is 524 g/mol. The summed E-state index contributed by atoms with van der Waals surface area (Å²) < 4.78 is 13.1. The normalized spacial score (nSPS) is 14.7. The van der Waals surface area contributed by atoms with Crippen molar-refractivity contribution < 1.29 is 14.3 Å². The molecule has 1 atom stereocenters. The minimum Gasteiger partial charge on any atom is -0.489 e. The molecule has 7 nitrogen and oxygen atoms in total. The van der Waals surface area contributed by atoms with Gasteiger partial charge in [-0.1, -0.05) is 79.7 Å². The second-order valence-corrected chi connectivity index (χ2v) is 9.74. The third-order valence-corrected chi connectivity index (χ3v) is 6.96. The molecule has 1 N–H and O–H groups in total. The standard InChI is InChI=1S/C27H29ClN4O3S/c1-4-6-16-36-27-30-26-29-18(3)23(25(33)34-15-5-2)24(32(26)31-27)19-11-13-21(14-12-19)35-17-20-9-7-8-10-22(20)28/h5,7-14,24H,2,4,6,15-17H2,1,3H3,(H,29,30,31). The number of anilines is 1. The third-order valence-electron chi connectivity index (χ3n) is 5.66. The van der Waals surface area contributed by atoms with Crippen molar-refractivity contribution in [2.45, 2.75) is 44.5 Å². The van der Waals surface area contributed by atoms with Crippen LogP contribution in [0.2, 0.25) is 5.02 Å². The summed E-state index contributed by atoms with van der Waals surface area (Å²) in [5.74, 6) is 1.79. The SMILES string of the molecule is C=CCOC(=O)C1=C(C)Nc2nc(SCCCC)nn2C1c1ccc(OCc2ccccc2Cl)cc1. The molecule has 36 heavy (non-hydrogen) atoms. The van der Waals surface area contributed by atoms with E-state index in [4.69, 9.17) is 26.2 Å². The van der Waals surface area contributed by atoms with E-state index >= 15 is 0 Å². The van der Waals surface area contributed by atoms with Crippen molar-refractivity contribution >= 4 is 35.3 Å². The number of hydrogen-bond acceptors (Lipinski definition) is 7. The van der Waals surface area contributed by atoms with Crippen molar-refractivity contribution in [2.24, 2.45) is 0 Å². The van der Waals surface area contributed by atoms with Crippen molar-refractivity contribution in [3.63, 3.8) is 0 Å². The first-order valence-electron chi connectivity index (χ1n) is 11.8. The highest BCUT2D eigenvalue weighted by Crippen LogP contribution is 2.37. The van der Waals surface area contributed by atoms with Gasteiger partial charge in [0.1, 0.15) is 25.0 Å². The molecule has 0 amide bonds. The Labute approximate surface area is 220 Å². The zero-order valence-corrected chi connectivity index (χ0v) is 21.9. The average molecular weight is 525 g/mol. The zero-order chi connectivity index (χ0) is 25.5. The predicted molar refractivity (Wildman–Crippen MR) is 143 cm³/mol. The van der Waals surface area contributed by atoms with Crippen LogP contribution >= 0.6 is 23.4 Å². The average Bonchev–Trinajstić information content (AvgIpc) is 3.28. The Bertz CT molecular complexity index is 1260. The van der Waals surface area contributed by atoms with Crippen LogP contribution in [-0.4, -0.2) is 33.1 Å². The van der Waals surface area contributed by atoms with Crippen LogP contribution in [0.1, 0.15) is 43.9 Å². The number of halogens is 1. The second kappa shape index (κ2) is 12.1. The van der Waals surface area contributed by atoms with E-state index in [9.17, 15) is 4.79 Å². The molecule has 2 aromatic carbocycles. The lowest BCUT2D eigenvalue weighted by atomic mass is 9.96. The molecule has 3 aromatic rings. The summed E-state index contributed by atoms with van der Waals surface area (Å²) in [5, 5.41) is 9.29. The number of nitrogens with one attached hydrogen (secondary N) is 1. The van der Waals surface area contributed by atoms with Gasteiger partial charge in [0.25, 0.3) is 0 Å². The van der Waals surface area contributed by atoms with Crippen LogP contribution in [0, 0.1) is 0 Å². The van der Waals surface area contributed by atoms with E-state index in [2.05, 4.69) is 23.8 Å². The van der Waals surface area contributed by atoms with E-state index < -0.39 is 12.0 Å². The molecule has 0 fully saturated rings. The Morgan fingerprint density at radius 2 is 2.03 bits per heavy atom. The predicted octanol–water partition coefficient (Wildman–Crippen LogP) is 6.42. The number of fused-ring (bicyclic) bond motifs is 1. The van der Waals surface area contributed by atoms with Gasteiger partial charge in [0, 0.05) is 22.0 Å². The molecular formula is C27H29ClN4O3S. The maximum absolute atomic E-state index is 13.1. The molecule has 0 spiro atoms. The molecular weight excluding hydrogens is 496 g/mol. The van der Waals surface area contributed by atoms with Crippen molar-refractivity contribution in [3.8, 4) is 5.75 Å². The number of aromatic nitrogens is 3. The number of nitrogens with zero attached hydrogens (tertiary/aromatic N) is 3. The Balaban J connectivity index is 1.62. The van der Waals surface area contributed by atoms with Gasteiger partial charge in [-0.2, -0.15) is 4.98 Å². The first-order chi connectivity index (χ1) is 17.5. The van der Waals surface area contributed by atoms with Crippen LogP contribution < -0.4 is 10.1 Å². The number of allylic oxidation sites excluding steroid dienone is 1. The van der Waals surface area contributed by atoms with Crippen molar-refractivity contribution in [1.82, 2.24) is 14.8 Å². The molecule has 0 bridgehead atoms. The van der Waals surface area contributed by atoms with Crippen LogP contribution in [0.3, 0.4) is 0 Å². The molecule has 0 saturated heterocycles. The molecule has 1 unspecified atom stereocenters. The molecule has 0 radical (unpaired) electrons. The molecule has 1 aromatic heterocycles. The van der Waals surface area contributed by atoms with Crippen LogP contribution in [-0.2, 0) is 16.1 Å². The molecule has 9 heteroatoms. The Morgan fingerprint density at radius 1 is 1.25 bits per heavy atom. The van der Waals surface area contributed by atoms with E-state index in [1.54, 1.807) is 22.5 Å². The fourth-order valence-electron chi connectivity index (χ4n) is 3.81. The van der Waals surface area contributed by atoms with Gasteiger partial charge in [-0.15, -0.1) is 5.10 Å². The molecule has 1 aliphatic rings. The molecule has 188 valence electrons. The molecule has 2 heterocycles. The topological polar surface area (TPSA) is 78.3 Å². The zero-order valence-electron chi connectivity index (χ0n) is 20.4. The minimum atomic E-state index is -0.496. The smallest absolute Gasteiger partial charge is 0.338 e. The molecule has 0 aliphatic carbocycles. The van der Waals surface area contributed by atoms with E-state index in [0.717, 1.165) is 29.7 Å². The highest BCUT2D eigenvalue weighted by atomic mass is 35.5. The quantitative estimate of drug-likeness (QED) is 0.134. The second-order valence-electron chi connectivity index (χ2n) is 8.27. The number of carbonyl (C=O) groups excluding carboxylic acids is 1. The van der Waals surface area contributed by atoms with Gasteiger partial charge < -0.3 is 14.8 Å². The third kappa shape index (κ3) is 5.94. The van der Waals surface area contributed by atoms with Gasteiger partial charge in [0.15, 0.2) is 0 Å². The maximum atomic E-state index is 13.1. The molecule has 1 aliphatic heterocycles. The van der Waals surface area contributed by atoms with Gasteiger partial charge in [0.05, 0.1) is 5.57 Å². The van der Waals surface area contributed by atoms with Gasteiger partial charge >= 0.3 is 5.97 Å². The lowest BCUT2D eigenvalue weighted by molar-refractivity contribution is -0.138. The van der Waals surface area contributed by atoms with Gasteiger partial charge in [-0.05, 0) is 37.1 Å². The van der Waals surface area contributed by atoms with Gasteiger partial charge in [-0.25, -0.2) is 9.48 Å². The Kier molecular flexibility index (Phi) is 8.72. The van der Waals surface area contributed by atoms with Gasteiger partial charge in [0.2, 0.25) is 11.1 Å². The maximum Gasteiger partial charge on any atom is 0.338 e. The van der Waals surface area contributed by atoms with Crippen molar-refractivity contribution in [1.29, 1.82) is 0 Å². The molecule has 4 rings (SSSR count). The number of carbonyl (C=O) groups is 1. The van der Waals surface area contributed by atoms with Crippen molar-refractivity contribution in [3.05, 3.63) is 88.6 Å². The summed E-state index contributed by atoms with van der Waals surface area (Å²) in [4.78, 5) is 17.7. The number of rotatable bonds is 11. The fraction of sp³-hybridized carbons (Fsp3) is 0.296. The summed E-state index contributed by atoms with van der Waals surface area (Å²) in [6.07, 6.45) is 3.73. The first kappa shape index (κ1) is 25.9. The van der Waals surface area contributed by atoms with Crippen molar-refractivity contribution in [2.75, 3.05) is 17.7 Å². The largest absolute Gasteiger partial charge is 0.489 e. The first-order valence-corrected chi connectivity index (χ1v) is 13.2. The van der Waals surface area contributed by atoms with E-state index in [1.807, 2.05) is 55.5 Å². The lowest BCUT2D eigenvalue weighted by Crippen LogP contribution is -2.29. The van der Waals surface area contributed by atoms with Gasteiger partial charge in [-0.3, -0.25) is 0 Å². The summed E-state index contributed by atoms with van der Waals surface area (Å²) in [6.45, 7) is 8.12. The highest BCUT2D eigenvalue weighted by Gasteiger charge is 2.35. The number of hydrogen-bond donors (Lipinski definition) is 1. The number of esters is 1. The highest BCUT2D eigenvalue weighted by molar-refractivity contribution is 7.99. The summed E-state index contributed by atoms with van der Waals surface area (Å²) in [6, 6.07) is 14.7.